The minimum absolute atomic E-state index is 0.228. The molecule has 1 aromatic heterocycles. The van der Waals surface area contributed by atoms with Crippen LogP contribution in [-0.2, 0) is 20.9 Å². The molecule has 0 saturated carbocycles. The number of aryl methyl sites for hydroxylation is 2. The van der Waals surface area contributed by atoms with Crippen LogP contribution in [0.1, 0.15) is 28.1 Å². The van der Waals surface area contributed by atoms with Gasteiger partial charge in [-0.15, -0.1) is 0 Å². The molecule has 7 nitrogen and oxygen atoms in total. The number of aromatic nitrogens is 2. The zero-order valence-electron chi connectivity index (χ0n) is 20.9. The Balaban J connectivity index is 1.26. The summed E-state index contributed by atoms with van der Waals surface area (Å²) in [6.07, 6.45) is 3.03. The zero-order chi connectivity index (χ0) is 25.7. The van der Waals surface area contributed by atoms with Gasteiger partial charge in [-0.3, -0.25) is 9.48 Å². The van der Waals surface area contributed by atoms with E-state index in [2.05, 4.69) is 41.2 Å². The molecule has 4 rings (SSSR count). The predicted octanol–water partition coefficient (Wildman–Crippen LogP) is 3.90. The fourth-order valence-corrected chi connectivity index (χ4v) is 4.26. The molecule has 36 heavy (non-hydrogen) atoms. The maximum absolute atomic E-state index is 13.1. The van der Waals surface area contributed by atoms with E-state index in [1.165, 1.54) is 23.8 Å². The summed E-state index contributed by atoms with van der Waals surface area (Å²) in [6.45, 7) is 8.57. The summed E-state index contributed by atoms with van der Waals surface area (Å²) in [5.41, 5.74) is 5.92. The van der Waals surface area contributed by atoms with E-state index in [4.69, 9.17) is 4.74 Å². The van der Waals surface area contributed by atoms with Gasteiger partial charge in [-0.05, 0) is 56.7 Å². The molecule has 8 heteroatoms. The molecule has 0 unspecified atom stereocenters. The Morgan fingerprint density at radius 1 is 0.972 bits per heavy atom. The van der Waals surface area contributed by atoms with Crippen LogP contribution in [0.4, 0.5) is 10.1 Å². The standard InChI is InChI=1S/C28H31FN4O3/c1-20-4-6-23(7-5-20)18-33-22(3)26(21(2)30-33)12-13-28(35)36-19-27(34)32-16-14-31(15-17-32)25-10-8-24(29)9-11-25/h4-13H,14-19H2,1-3H3/b13-12+. The van der Waals surface area contributed by atoms with E-state index in [1.807, 2.05) is 18.5 Å². The molecule has 1 amide bonds. The first-order valence-corrected chi connectivity index (χ1v) is 12.0. The average molecular weight is 491 g/mol. The lowest BCUT2D eigenvalue weighted by Crippen LogP contribution is -2.49. The number of anilines is 1. The number of esters is 1. The third-order valence-electron chi connectivity index (χ3n) is 6.44. The molecule has 2 heterocycles. The van der Waals surface area contributed by atoms with Crippen LogP contribution in [0.2, 0.25) is 0 Å². The van der Waals surface area contributed by atoms with Gasteiger partial charge in [0.25, 0.3) is 5.91 Å². The van der Waals surface area contributed by atoms with E-state index in [-0.39, 0.29) is 18.3 Å². The van der Waals surface area contributed by atoms with Crippen molar-refractivity contribution in [2.45, 2.75) is 27.3 Å². The van der Waals surface area contributed by atoms with Crippen LogP contribution in [0.25, 0.3) is 6.08 Å². The van der Waals surface area contributed by atoms with Gasteiger partial charge in [0.05, 0.1) is 12.2 Å². The maximum Gasteiger partial charge on any atom is 0.331 e. The minimum Gasteiger partial charge on any atom is -0.452 e. The Morgan fingerprint density at radius 3 is 2.31 bits per heavy atom. The van der Waals surface area contributed by atoms with Crippen molar-refractivity contribution in [3.8, 4) is 0 Å². The molecule has 1 fully saturated rings. The molecule has 1 saturated heterocycles. The summed E-state index contributed by atoms with van der Waals surface area (Å²) in [5, 5.41) is 4.60. The van der Waals surface area contributed by atoms with E-state index in [0.717, 1.165) is 28.2 Å². The summed E-state index contributed by atoms with van der Waals surface area (Å²) in [6, 6.07) is 14.6. The molecular weight excluding hydrogens is 459 g/mol. The number of benzene rings is 2. The number of hydrogen-bond donors (Lipinski definition) is 0. The summed E-state index contributed by atoms with van der Waals surface area (Å²) in [4.78, 5) is 28.6. The second-order valence-corrected chi connectivity index (χ2v) is 9.01. The quantitative estimate of drug-likeness (QED) is 0.371. The van der Waals surface area contributed by atoms with E-state index < -0.39 is 5.97 Å². The summed E-state index contributed by atoms with van der Waals surface area (Å²) in [5.74, 6) is -1.07. The van der Waals surface area contributed by atoms with Crippen LogP contribution >= 0.6 is 0 Å². The highest BCUT2D eigenvalue weighted by Crippen LogP contribution is 2.18. The van der Waals surface area contributed by atoms with Crippen LogP contribution in [-0.4, -0.2) is 59.3 Å². The van der Waals surface area contributed by atoms with Crippen LogP contribution in [0.15, 0.2) is 54.6 Å². The smallest absolute Gasteiger partial charge is 0.331 e. The number of halogens is 1. The van der Waals surface area contributed by atoms with Gasteiger partial charge in [-0.25, -0.2) is 9.18 Å². The molecule has 3 aromatic rings. The number of carbonyl (C=O) groups excluding carboxylic acids is 2. The third kappa shape index (κ3) is 6.19. The lowest BCUT2D eigenvalue weighted by Gasteiger charge is -2.36. The van der Waals surface area contributed by atoms with Crippen LogP contribution in [0.3, 0.4) is 0 Å². The lowest BCUT2D eigenvalue weighted by molar-refractivity contribution is -0.148. The molecule has 0 bridgehead atoms. The van der Waals surface area contributed by atoms with Crippen molar-refractivity contribution in [1.82, 2.24) is 14.7 Å². The second kappa shape index (κ2) is 11.2. The summed E-state index contributed by atoms with van der Waals surface area (Å²) >= 11 is 0. The highest BCUT2D eigenvalue weighted by Gasteiger charge is 2.22. The van der Waals surface area contributed by atoms with Crippen molar-refractivity contribution in [2.24, 2.45) is 0 Å². The molecule has 1 aliphatic rings. The van der Waals surface area contributed by atoms with Gasteiger partial charge in [0.15, 0.2) is 6.61 Å². The topological polar surface area (TPSA) is 67.7 Å². The number of carbonyl (C=O) groups is 2. The number of ether oxygens (including phenoxy) is 1. The Kier molecular flexibility index (Phi) is 7.83. The molecule has 0 aliphatic carbocycles. The first-order valence-electron chi connectivity index (χ1n) is 12.0. The third-order valence-corrected chi connectivity index (χ3v) is 6.44. The van der Waals surface area contributed by atoms with E-state index in [1.54, 1.807) is 23.1 Å². The highest BCUT2D eigenvalue weighted by molar-refractivity contribution is 5.89. The number of nitrogens with zero attached hydrogens (tertiary/aromatic N) is 4. The number of amides is 1. The average Bonchev–Trinajstić information content (AvgIpc) is 3.15. The lowest BCUT2D eigenvalue weighted by atomic mass is 10.1. The fraction of sp³-hybridized carbons (Fsp3) is 0.321. The molecule has 0 N–H and O–H groups in total. The summed E-state index contributed by atoms with van der Waals surface area (Å²) < 4.78 is 20.2. The summed E-state index contributed by atoms with van der Waals surface area (Å²) in [7, 11) is 0. The van der Waals surface area contributed by atoms with Crippen LogP contribution < -0.4 is 4.90 Å². The van der Waals surface area contributed by atoms with Crippen molar-refractivity contribution < 1.29 is 18.7 Å². The molecular formula is C28H31FN4O3. The van der Waals surface area contributed by atoms with Gasteiger partial charge in [0.2, 0.25) is 0 Å². The van der Waals surface area contributed by atoms with E-state index >= 15 is 0 Å². The van der Waals surface area contributed by atoms with E-state index in [0.29, 0.717) is 32.7 Å². The van der Waals surface area contributed by atoms with Crippen LogP contribution in [0.5, 0.6) is 0 Å². The number of hydrogen-bond acceptors (Lipinski definition) is 5. The Labute approximate surface area is 210 Å². The van der Waals surface area contributed by atoms with Gasteiger partial charge in [-0.2, -0.15) is 5.10 Å². The minimum atomic E-state index is -0.571. The Morgan fingerprint density at radius 2 is 1.64 bits per heavy atom. The van der Waals surface area contributed by atoms with Crippen molar-refractivity contribution in [1.29, 1.82) is 0 Å². The first-order chi connectivity index (χ1) is 17.3. The Hall–Kier alpha value is -3.94. The van der Waals surface area contributed by atoms with E-state index in [9.17, 15) is 14.0 Å². The monoisotopic (exact) mass is 490 g/mol. The zero-order valence-corrected chi connectivity index (χ0v) is 20.9. The number of rotatable bonds is 7. The van der Waals surface area contributed by atoms with Gasteiger partial charge in [0.1, 0.15) is 5.82 Å². The maximum atomic E-state index is 13.1. The molecule has 1 aliphatic heterocycles. The SMILES string of the molecule is Cc1ccc(Cn2nc(C)c(/C=C/C(=O)OCC(=O)N3CCN(c4ccc(F)cc4)CC3)c2C)cc1. The van der Waals surface area contributed by atoms with Crippen molar-refractivity contribution in [2.75, 3.05) is 37.7 Å². The van der Waals surface area contributed by atoms with Crippen LogP contribution in [0, 0.1) is 26.6 Å². The molecule has 2 aromatic carbocycles. The van der Waals surface area contributed by atoms with Crippen molar-refractivity contribution >= 4 is 23.6 Å². The second-order valence-electron chi connectivity index (χ2n) is 9.01. The molecule has 0 atom stereocenters. The number of piperazine rings is 1. The first kappa shape index (κ1) is 25.2. The van der Waals surface area contributed by atoms with Gasteiger partial charge in [-0.1, -0.05) is 29.8 Å². The van der Waals surface area contributed by atoms with Gasteiger partial charge < -0.3 is 14.5 Å². The molecule has 188 valence electrons. The van der Waals surface area contributed by atoms with Crippen molar-refractivity contribution in [3.63, 3.8) is 0 Å². The van der Waals surface area contributed by atoms with Crippen molar-refractivity contribution in [3.05, 3.63) is 88.5 Å². The largest absolute Gasteiger partial charge is 0.452 e. The molecule has 0 spiro atoms. The predicted molar refractivity (Wildman–Crippen MR) is 137 cm³/mol. The molecule has 0 radical (unpaired) electrons. The van der Waals surface area contributed by atoms with Gasteiger partial charge >= 0.3 is 5.97 Å². The van der Waals surface area contributed by atoms with Gasteiger partial charge in [0, 0.05) is 49.2 Å². The Bertz CT molecular complexity index is 1240. The highest BCUT2D eigenvalue weighted by atomic mass is 19.1. The fourth-order valence-electron chi connectivity index (χ4n) is 4.26. The normalized spacial score (nSPS) is 13.9.